The van der Waals surface area contributed by atoms with Gasteiger partial charge in [-0.3, -0.25) is 0 Å². The lowest BCUT2D eigenvalue weighted by molar-refractivity contribution is 0.323. The summed E-state index contributed by atoms with van der Waals surface area (Å²) in [6, 6.07) is 0.235. The van der Waals surface area contributed by atoms with E-state index in [2.05, 4.69) is 20.3 Å². The van der Waals surface area contributed by atoms with E-state index in [0.717, 1.165) is 0 Å². The maximum Gasteiger partial charge on any atom is 0.321 e. The van der Waals surface area contributed by atoms with Crippen LogP contribution in [0.25, 0.3) is 0 Å². The summed E-state index contributed by atoms with van der Waals surface area (Å²) < 4.78 is 4.80. The lowest BCUT2D eigenvalue weighted by Crippen LogP contribution is -2.07. The fraction of sp³-hybridized carbons (Fsp3) is 0.500. The minimum Gasteiger partial charge on any atom is -0.467 e. The molecule has 0 bridgehead atoms. The molecule has 0 saturated carbocycles. The van der Waals surface area contributed by atoms with Gasteiger partial charge in [-0.25, -0.2) is 0 Å². The van der Waals surface area contributed by atoms with Gasteiger partial charge in [0.25, 0.3) is 0 Å². The van der Waals surface area contributed by atoms with Gasteiger partial charge in [-0.05, 0) is 6.92 Å². The van der Waals surface area contributed by atoms with Gasteiger partial charge in [-0.2, -0.15) is 15.0 Å². The molecule has 2 N–H and O–H groups in total. The molecule has 1 heterocycles. The molecule has 1 rings (SSSR count). The Bertz CT molecular complexity index is 266. The minimum absolute atomic E-state index is 0.216. The van der Waals surface area contributed by atoms with Crippen molar-refractivity contribution in [1.29, 1.82) is 0 Å². The molecule has 0 atom stereocenters. The van der Waals surface area contributed by atoms with E-state index in [-0.39, 0.29) is 12.7 Å². The van der Waals surface area contributed by atoms with Gasteiger partial charge < -0.3 is 15.2 Å². The summed E-state index contributed by atoms with van der Waals surface area (Å²) >= 11 is 0. The number of aliphatic hydroxyl groups is 1. The summed E-state index contributed by atoms with van der Waals surface area (Å²) in [7, 11) is 1.47. The summed E-state index contributed by atoms with van der Waals surface area (Å²) in [5, 5.41) is 11.1. The van der Waals surface area contributed by atoms with Crippen LogP contribution < -0.4 is 10.1 Å². The van der Waals surface area contributed by atoms with Crippen molar-refractivity contribution in [1.82, 2.24) is 15.0 Å². The van der Waals surface area contributed by atoms with Crippen molar-refractivity contribution in [2.45, 2.75) is 6.92 Å². The van der Waals surface area contributed by atoms with Crippen LogP contribution >= 0.6 is 0 Å². The van der Waals surface area contributed by atoms with Crippen molar-refractivity contribution in [2.24, 2.45) is 0 Å². The smallest absolute Gasteiger partial charge is 0.321 e. The quantitative estimate of drug-likeness (QED) is 0.598. The molecular weight excluding hydrogens is 160 g/mol. The third-order valence-electron chi connectivity index (χ3n) is 1.15. The Kier molecular flexibility index (Phi) is 2.76. The van der Waals surface area contributed by atoms with Crippen molar-refractivity contribution in [3.63, 3.8) is 0 Å². The van der Waals surface area contributed by atoms with E-state index < -0.39 is 0 Å². The van der Waals surface area contributed by atoms with Crippen molar-refractivity contribution in [3.8, 4) is 6.01 Å². The van der Waals surface area contributed by atoms with Crippen LogP contribution in [0.15, 0.2) is 0 Å². The fourth-order valence-corrected chi connectivity index (χ4v) is 0.698. The van der Waals surface area contributed by atoms with Crippen LogP contribution in [0.2, 0.25) is 0 Å². The Morgan fingerprint density at radius 3 is 2.75 bits per heavy atom. The number of aliphatic hydroxyl groups excluding tert-OH is 1. The summed E-state index contributed by atoms with van der Waals surface area (Å²) in [6.07, 6.45) is 0. The number of nitrogens with zero attached hydrogens (tertiary/aromatic N) is 3. The zero-order valence-corrected chi connectivity index (χ0v) is 6.90. The van der Waals surface area contributed by atoms with Crippen LogP contribution in [0.4, 0.5) is 5.95 Å². The third-order valence-corrected chi connectivity index (χ3v) is 1.15. The molecule has 0 aliphatic rings. The molecule has 0 saturated heterocycles. The molecule has 0 fully saturated rings. The third kappa shape index (κ3) is 2.03. The Labute approximate surface area is 69.6 Å². The summed E-state index contributed by atoms with van der Waals surface area (Å²) in [4.78, 5) is 11.6. The van der Waals surface area contributed by atoms with Gasteiger partial charge in [0.1, 0.15) is 12.6 Å². The summed E-state index contributed by atoms with van der Waals surface area (Å²) in [5.74, 6) is 0.847. The first-order valence-electron chi connectivity index (χ1n) is 3.37. The number of aryl methyl sites for hydroxylation is 1. The molecule has 6 nitrogen and oxygen atoms in total. The second-order valence-corrected chi connectivity index (χ2v) is 2.03. The molecule has 0 aliphatic heterocycles. The van der Waals surface area contributed by atoms with Crippen LogP contribution in [-0.4, -0.2) is 33.9 Å². The highest BCUT2D eigenvalue weighted by atomic mass is 16.5. The standard InChI is InChI=1S/C6H10N4O2/c1-4-8-5(7-3-11)10-6(9-4)12-2/h11H,3H2,1-2H3,(H,7,8,9,10). The normalized spacial score (nSPS) is 9.58. The predicted octanol–water partition coefficient (Wildman–Crippen LogP) is -0.450. The average molecular weight is 170 g/mol. The highest BCUT2D eigenvalue weighted by Crippen LogP contribution is 2.05. The Balaban J connectivity index is 2.90. The highest BCUT2D eigenvalue weighted by molar-refractivity contribution is 5.24. The number of anilines is 1. The maximum absolute atomic E-state index is 8.52. The molecule has 0 spiro atoms. The number of ether oxygens (including phenoxy) is 1. The topological polar surface area (TPSA) is 80.2 Å². The van der Waals surface area contributed by atoms with E-state index in [1.807, 2.05) is 0 Å². The van der Waals surface area contributed by atoms with Crippen molar-refractivity contribution >= 4 is 5.95 Å². The molecule has 6 heteroatoms. The molecule has 0 aromatic carbocycles. The first kappa shape index (κ1) is 8.66. The summed E-state index contributed by atoms with van der Waals surface area (Å²) in [5.41, 5.74) is 0. The van der Waals surface area contributed by atoms with Gasteiger partial charge >= 0.3 is 6.01 Å². The number of rotatable bonds is 3. The molecule has 1 aromatic heterocycles. The SMILES string of the molecule is COc1nc(C)nc(NCO)n1. The number of hydrogen-bond donors (Lipinski definition) is 2. The lowest BCUT2D eigenvalue weighted by atomic mass is 10.7. The Morgan fingerprint density at radius 1 is 1.42 bits per heavy atom. The van der Waals surface area contributed by atoms with Crippen LogP contribution in [0.5, 0.6) is 6.01 Å². The first-order chi connectivity index (χ1) is 5.76. The van der Waals surface area contributed by atoms with Crippen LogP contribution in [0.1, 0.15) is 5.82 Å². The molecule has 12 heavy (non-hydrogen) atoms. The molecule has 0 unspecified atom stereocenters. The molecule has 0 amide bonds. The molecule has 66 valence electrons. The van der Waals surface area contributed by atoms with Crippen molar-refractivity contribution in [2.75, 3.05) is 19.2 Å². The van der Waals surface area contributed by atoms with Crippen LogP contribution in [0, 0.1) is 6.92 Å². The number of aromatic nitrogens is 3. The van der Waals surface area contributed by atoms with E-state index in [1.54, 1.807) is 6.92 Å². The first-order valence-corrected chi connectivity index (χ1v) is 3.37. The second-order valence-electron chi connectivity index (χ2n) is 2.03. The van der Waals surface area contributed by atoms with E-state index in [1.165, 1.54) is 7.11 Å². The Hall–Kier alpha value is -1.43. The average Bonchev–Trinajstić information content (AvgIpc) is 2.04. The summed E-state index contributed by atoms with van der Waals surface area (Å²) in [6.45, 7) is 1.50. The second kappa shape index (κ2) is 3.82. The lowest BCUT2D eigenvalue weighted by Gasteiger charge is -2.02. The molecule has 1 aromatic rings. The van der Waals surface area contributed by atoms with Gasteiger partial charge in [-0.1, -0.05) is 0 Å². The van der Waals surface area contributed by atoms with Gasteiger partial charge in [0.05, 0.1) is 7.11 Å². The van der Waals surface area contributed by atoms with Gasteiger partial charge in [0, 0.05) is 0 Å². The van der Waals surface area contributed by atoms with E-state index in [0.29, 0.717) is 11.8 Å². The van der Waals surface area contributed by atoms with E-state index in [9.17, 15) is 0 Å². The van der Waals surface area contributed by atoms with E-state index in [4.69, 9.17) is 9.84 Å². The minimum atomic E-state index is -0.216. The zero-order valence-electron chi connectivity index (χ0n) is 6.90. The number of nitrogens with one attached hydrogen (secondary N) is 1. The maximum atomic E-state index is 8.52. The monoisotopic (exact) mass is 170 g/mol. The number of methoxy groups -OCH3 is 1. The molecule has 0 aliphatic carbocycles. The fourth-order valence-electron chi connectivity index (χ4n) is 0.698. The zero-order chi connectivity index (χ0) is 8.97. The number of hydrogen-bond acceptors (Lipinski definition) is 6. The predicted molar refractivity (Wildman–Crippen MR) is 41.8 cm³/mol. The van der Waals surface area contributed by atoms with Gasteiger partial charge in [0.2, 0.25) is 5.95 Å². The molecular formula is C6H10N4O2. The molecule has 0 radical (unpaired) electrons. The largest absolute Gasteiger partial charge is 0.467 e. The van der Waals surface area contributed by atoms with Crippen LogP contribution in [0.3, 0.4) is 0 Å². The van der Waals surface area contributed by atoms with Gasteiger partial charge in [-0.15, -0.1) is 0 Å². The van der Waals surface area contributed by atoms with Crippen molar-refractivity contribution < 1.29 is 9.84 Å². The highest BCUT2D eigenvalue weighted by Gasteiger charge is 2.01. The van der Waals surface area contributed by atoms with Crippen molar-refractivity contribution in [3.05, 3.63) is 5.82 Å². The van der Waals surface area contributed by atoms with E-state index >= 15 is 0 Å². The Morgan fingerprint density at radius 2 is 2.17 bits per heavy atom. The van der Waals surface area contributed by atoms with Crippen LogP contribution in [-0.2, 0) is 0 Å². The van der Waals surface area contributed by atoms with Gasteiger partial charge in [0.15, 0.2) is 0 Å².